The Morgan fingerprint density at radius 2 is 1.71 bits per heavy atom. The summed E-state index contributed by atoms with van der Waals surface area (Å²) in [5.74, 6) is -1.03. The SMILES string of the molecule is CC(C)NC(=O)CSc1ccccc1C(=O)OCC(=O)Nc1ccc(Cl)cc1. The molecule has 148 valence electrons. The standard InChI is InChI=1S/C20H21ClN2O4S/c1-13(2)22-19(25)12-28-17-6-4-3-5-16(17)20(26)27-11-18(24)23-15-9-7-14(21)8-10-15/h3-10,13H,11-12H2,1-2H3,(H,22,25)(H,23,24). The quantitative estimate of drug-likeness (QED) is 0.501. The molecule has 8 heteroatoms. The Balaban J connectivity index is 1.90. The number of hydrogen-bond donors (Lipinski definition) is 2. The van der Waals surface area contributed by atoms with Gasteiger partial charge in [0.1, 0.15) is 0 Å². The third-order valence-corrected chi connectivity index (χ3v) is 4.70. The normalized spacial score (nSPS) is 10.4. The predicted octanol–water partition coefficient (Wildman–Crippen LogP) is 3.75. The fraction of sp³-hybridized carbons (Fsp3) is 0.250. The van der Waals surface area contributed by atoms with Gasteiger partial charge in [0.25, 0.3) is 5.91 Å². The van der Waals surface area contributed by atoms with Crippen LogP contribution in [0.1, 0.15) is 24.2 Å². The highest BCUT2D eigenvalue weighted by Gasteiger charge is 2.16. The maximum Gasteiger partial charge on any atom is 0.339 e. The molecule has 6 nitrogen and oxygen atoms in total. The van der Waals surface area contributed by atoms with Gasteiger partial charge in [0.05, 0.1) is 11.3 Å². The minimum Gasteiger partial charge on any atom is -0.452 e. The molecule has 2 amide bonds. The van der Waals surface area contributed by atoms with Crippen molar-refractivity contribution in [3.63, 3.8) is 0 Å². The highest BCUT2D eigenvalue weighted by Crippen LogP contribution is 2.23. The van der Waals surface area contributed by atoms with Crippen LogP contribution in [0.25, 0.3) is 0 Å². The van der Waals surface area contributed by atoms with E-state index < -0.39 is 18.5 Å². The second kappa shape index (κ2) is 10.7. The second-order valence-corrected chi connectivity index (χ2v) is 7.59. The smallest absolute Gasteiger partial charge is 0.339 e. The van der Waals surface area contributed by atoms with E-state index in [9.17, 15) is 14.4 Å². The highest BCUT2D eigenvalue weighted by molar-refractivity contribution is 8.00. The van der Waals surface area contributed by atoms with Crippen molar-refractivity contribution in [2.45, 2.75) is 24.8 Å². The Bertz CT molecular complexity index is 840. The molecule has 2 N–H and O–H groups in total. The van der Waals surface area contributed by atoms with E-state index in [1.807, 2.05) is 13.8 Å². The van der Waals surface area contributed by atoms with Gasteiger partial charge in [0.2, 0.25) is 5.91 Å². The molecule has 2 aromatic rings. The van der Waals surface area contributed by atoms with Gasteiger partial charge in [-0.1, -0.05) is 23.7 Å². The number of benzene rings is 2. The summed E-state index contributed by atoms with van der Waals surface area (Å²) in [6.07, 6.45) is 0. The summed E-state index contributed by atoms with van der Waals surface area (Å²) in [5, 5.41) is 5.96. The van der Waals surface area contributed by atoms with Crippen molar-refractivity contribution in [1.82, 2.24) is 5.32 Å². The molecule has 2 rings (SSSR count). The molecule has 0 unspecified atom stereocenters. The molecule has 2 aromatic carbocycles. The first-order valence-electron chi connectivity index (χ1n) is 8.59. The number of ether oxygens (including phenoxy) is 1. The van der Waals surface area contributed by atoms with Crippen LogP contribution in [0.3, 0.4) is 0 Å². The van der Waals surface area contributed by atoms with Crippen LogP contribution in [0.15, 0.2) is 53.4 Å². The van der Waals surface area contributed by atoms with Gasteiger partial charge in [0, 0.05) is 21.6 Å². The summed E-state index contributed by atoms with van der Waals surface area (Å²) in [7, 11) is 0. The number of carbonyl (C=O) groups excluding carboxylic acids is 3. The van der Waals surface area contributed by atoms with Crippen molar-refractivity contribution in [3.8, 4) is 0 Å². The van der Waals surface area contributed by atoms with Crippen LogP contribution in [0.4, 0.5) is 5.69 Å². The third kappa shape index (κ3) is 7.25. The lowest BCUT2D eigenvalue weighted by Crippen LogP contribution is -2.31. The van der Waals surface area contributed by atoms with Gasteiger partial charge < -0.3 is 15.4 Å². The summed E-state index contributed by atoms with van der Waals surface area (Å²) in [6, 6.07) is 13.4. The number of nitrogens with one attached hydrogen (secondary N) is 2. The second-order valence-electron chi connectivity index (χ2n) is 6.14. The number of hydrogen-bond acceptors (Lipinski definition) is 5. The summed E-state index contributed by atoms with van der Waals surface area (Å²) in [6.45, 7) is 3.33. The zero-order valence-corrected chi connectivity index (χ0v) is 17.1. The summed E-state index contributed by atoms with van der Waals surface area (Å²) >= 11 is 7.03. The van der Waals surface area contributed by atoms with Crippen LogP contribution in [-0.4, -0.2) is 36.2 Å². The number of esters is 1. The zero-order chi connectivity index (χ0) is 20.5. The molecule has 0 heterocycles. The van der Waals surface area contributed by atoms with E-state index in [2.05, 4.69) is 10.6 Å². The number of anilines is 1. The Hall–Kier alpha value is -2.51. The Labute approximate surface area is 173 Å². The molecule has 0 spiro atoms. The van der Waals surface area contributed by atoms with Gasteiger partial charge in [-0.3, -0.25) is 9.59 Å². The topological polar surface area (TPSA) is 84.5 Å². The van der Waals surface area contributed by atoms with Gasteiger partial charge in [-0.15, -0.1) is 11.8 Å². The summed E-state index contributed by atoms with van der Waals surface area (Å²) in [4.78, 5) is 36.7. The third-order valence-electron chi connectivity index (χ3n) is 3.38. The van der Waals surface area contributed by atoms with Crippen molar-refractivity contribution in [2.75, 3.05) is 17.7 Å². The zero-order valence-electron chi connectivity index (χ0n) is 15.5. The van der Waals surface area contributed by atoms with E-state index in [1.54, 1.807) is 48.5 Å². The van der Waals surface area contributed by atoms with Crippen molar-refractivity contribution >= 4 is 46.8 Å². The van der Waals surface area contributed by atoms with Crippen molar-refractivity contribution < 1.29 is 19.1 Å². The molecular weight excluding hydrogens is 400 g/mol. The molecule has 0 bridgehead atoms. The van der Waals surface area contributed by atoms with Crippen molar-refractivity contribution in [1.29, 1.82) is 0 Å². The average Bonchev–Trinajstić information content (AvgIpc) is 2.66. The van der Waals surface area contributed by atoms with Gasteiger partial charge in [-0.05, 0) is 50.2 Å². The summed E-state index contributed by atoms with van der Waals surface area (Å²) < 4.78 is 5.11. The molecular formula is C20H21ClN2O4S. The minimum absolute atomic E-state index is 0.0486. The van der Waals surface area contributed by atoms with E-state index in [0.29, 0.717) is 21.2 Å². The lowest BCUT2D eigenvalue weighted by atomic mass is 10.2. The molecule has 0 fully saturated rings. The minimum atomic E-state index is -0.626. The predicted molar refractivity (Wildman–Crippen MR) is 111 cm³/mol. The van der Waals surface area contributed by atoms with Crippen molar-refractivity contribution in [3.05, 3.63) is 59.1 Å². The molecule has 0 saturated heterocycles. The maximum atomic E-state index is 12.4. The van der Waals surface area contributed by atoms with Crippen LogP contribution in [0.2, 0.25) is 5.02 Å². The number of amides is 2. The van der Waals surface area contributed by atoms with E-state index in [-0.39, 0.29) is 17.7 Å². The number of rotatable bonds is 8. The molecule has 0 aliphatic carbocycles. The molecule has 0 saturated carbocycles. The maximum absolute atomic E-state index is 12.4. The average molecular weight is 421 g/mol. The molecule has 28 heavy (non-hydrogen) atoms. The molecule has 0 aromatic heterocycles. The molecule has 0 atom stereocenters. The fourth-order valence-electron chi connectivity index (χ4n) is 2.21. The van der Waals surface area contributed by atoms with Crippen LogP contribution in [0, 0.1) is 0 Å². The van der Waals surface area contributed by atoms with Crippen molar-refractivity contribution in [2.24, 2.45) is 0 Å². The van der Waals surface area contributed by atoms with Gasteiger partial charge >= 0.3 is 5.97 Å². The number of halogens is 1. The van der Waals surface area contributed by atoms with Crippen LogP contribution in [-0.2, 0) is 14.3 Å². The first kappa shape index (κ1) is 21.8. The fourth-order valence-corrected chi connectivity index (χ4v) is 3.18. The number of carbonyl (C=O) groups is 3. The largest absolute Gasteiger partial charge is 0.452 e. The molecule has 0 aliphatic rings. The van der Waals surface area contributed by atoms with E-state index in [0.717, 1.165) is 0 Å². The van der Waals surface area contributed by atoms with Gasteiger partial charge in [0.15, 0.2) is 6.61 Å². The van der Waals surface area contributed by atoms with E-state index in [4.69, 9.17) is 16.3 Å². The Morgan fingerprint density at radius 1 is 1.04 bits per heavy atom. The van der Waals surface area contributed by atoms with Crippen LogP contribution < -0.4 is 10.6 Å². The Morgan fingerprint density at radius 3 is 2.39 bits per heavy atom. The summed E-state index contributed by atoms with van der Waals surface area (Å²) in [5.41, 5.74) is 0.863. The first-order valence-corrected chi connectivity index (χ1v) is 9.95. The first-order chi connectivity index (χ1) is 13.3. The molecule has 0 radical (unpaired) electrons. The van der Waals surface area contributed by atoms with E-state index in [1.165, 1.54) is 11.8 Å². The lowest BCUT2D eigenvalue weighted by molar-refractivity contribution is -0.119. The highest BCUT2D eigenvalue weighted by atomic mass is 35.5. The van der Waals surface area contributed by atoms with E-state index >= 15 is 0 Å². The van der Waals surface area contributed by atoms with Crippen LogP contribution >= 0.6 is 23.4 Å². The van der Waals surface area contributed by atoms with Crippen LogP contribution in [0.5, 0.6) is 0 Å². The van der Waals surface area contributed by atoms with Gasteiger partial charge in [-0.2, -0.15) is 0 Å². The van der Waals surface area contributed by atoms with Gasteiger partial charge in [-0.25, -0.2) is 4.79 Å². The molecule has 0 aliphatic heterocycles. The number of thioether (sulfide) groups is 1. The Kier molecular flexibility index (Phi) is 8.35. The lowest BCUT2D eigenvalue weighted by Gasteiger charge is -2.11. The monoisotopic (exact) mass is 420 g/mol.